The van der Waals surface area contributed by atoms with Crippen molar-refractivity contribution in [2.24, 2.45) is 0 Å². The number of allylic oxidation sites excluding steroid dienone is 1. The van der Waals surface area contributed by atoms with Gasteiger partial charge in [-0.25, -0.2) is 14.4 Å². The maximum atomic E-state index is 10.7. The van der Waals surface area contributed by atoms with Gasteiger partial charge in [-0.1, -0.05) is 159 Å². The van der Waals surface area contributed by atoms with Gasteiger partial charge in [-0.05, 0) is 69.7 Å². The topological polar surface area (TPSA) is 78.9 Å². The number of alkyl halides is 1. The van der Waals surface area contributed by atoms with E-state index in [9.17, 15) is 14.4 Å². The number of ether oxygens (including phenoxy) is 3. The van der Waals surface area contributed by atoms with Gasteiger partial charge in [-0.3, -0.25) is 0 Å². The number of benzene rings is 3. The van der Waals surface area contributed by atoms with Gasteiger partial charge in [0, 0.05) is 23.6 Å². The fourth-order valence-corrected chi connectivity index (χ4v) is 2.17. The first-order chi connectivity index (χ1) is 23.1. The molecular formula is C35H46BrO6P3S3. The zero-order chi connectivity index (χ0) is 38.6. The number of aryl methyl sites for hydroxylation is 3. The van der Waals surface area contributed by atoms with Crippen molar-refractivity contribution in [1.29, 1.82) is 0 Å². The molecule has 0 spiro atoms. The van der Waals surface area contributed by atoms with E-state index >= 15 is 0 Å². The number of rotatable bonds is 2. The Hall–Kier alpha value is -2.85. The second kappa shape index (κ2) is 51.0. The second-order valence-corrected chi connectivity index (χ2v) is 7.67. The summed E-state index contributed by atoms with van der Waals surface area (Å²) in [6.45, 7) is 11.1. The van der Waals surface area contributed by atoms with Crippen LogP contribution in [0.3, 0.4) is 0 Å². The third-order valence-electron chi connectivity index (χ3n) is 4.30. The number of hydrogen-bond donors (Lipinski definition) is 0. The van der Waals surface area contributed by atoms with Crippen LogP contribution in [0.5, 0.6) is 0 Å². The number of carbonyl (C=O) groups is 3. The molecule has 0 amide bonds. The fraction of sp³-hybridized carbons (Fsp3) is 0.229. The van der Waals surface area contributed by atoms with Crippen LogP contribution >= 0.6 is 40.0 Å². The van der Waals surface area contributed by atoms with Crippen LogP contribution in [-0.4, -0.2) is 45.1 Å². The Labute approximate surface area is 318 Å². The van der Waals surface area contributed by atoms with E-state index < -0.39 is 11.9 Å². The first-order valence-electron chi connectivity index (χ1n) is 13.2. The molecule has 3 aromatic carbocycles. The summed E-state index contributed by atoms with van der Waals surface area (Å²) in [6, 6.07) is 28.1. The highest BCUT2D eigenvalue weighted by molar-refractivity contribution is 9.08. The van der Waals surface area contributed by atoms with Crippen molar-refractivity contribution in [3.05, 3.63) is 132 Å². The van der Waals surface area contributed by atoms with Gasteiger partial charge in [0.1, 0.15) is 0 Å². The molecule has 0 N–H and O–H groups in total. The van der Waals surface area contributed by atoms with Crippen molar-refractivity contribution in [2.45, 2.75) is 27.7 Å². The molecule has 0 bridgehead atoms. The summed E-state index contributed by atoms with van der Waals surface area (Å²) in [5.74, 6) is 5.66. The first kappa shape index (κ1) is 57.4. The first-order valence-corrected chi connectivity index (χ1v) is 19.7. The van der Waals surface area contributed by atoms with Crippen molar-refractivity contribution in [1.82, 2.24) is 0 Å². The van der Waals surface area contributed by atoms with Crippen molar-refractivity contribution in [3.8, 4) is 11.8 Å². The minimum atomic E-state index is -0.513. The molecule has 0 saturated carbocycles. The normalized spacial score (nSPS) is 7.44. The summed E-state index contributed by atoms with van der Waals surface area (Å²) < 4.78 is 12.8. The number of esters is 3. The van der Waals surface area contributed by atoms with Gasteiger partial charge in [0.25, 0.3) is 0 Å². The molecule has 0 aliphatic heterocycles. The zero-order valence-corrected chi connectivity index (χ0v) is 35.6. The third kappa shape index (κ3) is 50.0. The Morgan fingerprint density at radius 3 is 1.21 bits per heavy atom. The lowest BCUT2D eigenvalue weighted by atomic mass is 10.2. The molecule has 0 radical (unpaired) electrons. The van der Waals surface area contributed by atoms with Crippen molar-refractivity contribution in [2.75, 3.05) is 27.2 Å². The van der Waals surface area contributed by atoms with E-state index in [1.165, 1.54) is 44.1 Å². The van der Waals surface area contributed by atoms with Gasteiger partial charge in [0.2, 0.25) is 0 Å². The van der Waals surface area contributed by atoms with Crippen molar-refractivity contribution < 1.29 is 28.6 Å². The molecule has 3 rings (SSSR count). The highest BCUT2D eigenvalue weighted by Gasteiger charge is 1.90. The van der Waals surface area contributed by atoms with Gasteiger partial charge in [-0.2, -0.15) is 0 Å². The molecule has 0 aliphatic rings. The van der Waals surface area contributed by atoms with E-state index in [2.05, 4.69) is 146 Å². The maximum Gasteiger partial charge on any atom is 0.384 e. The average molecular weight is 832 g/mol. The van der Waals surface area contributed by atoms with E-state index in [1.54, 1.807) is 13.0 Å². The molecule has 0 saturated heterocycles. The molecule has 0 aliphatic carbocycles. The number of hydrogen-bond acceptors (Lipinski definition) is 9. The van der Waals surface area contributed by atoms with E-state index in [0.29, 0.717) is 0 Å². The molecule has 262 valence electrons. The largest absolute Gasteiger partial charge is 0.466 e. The molecule has 0 unspecified atom stereocenters. The van der Waals surface area contributed by atoms with Crippen molar-refractivity contribution >= 4 is 93.3 Å². The summed E-state index contributed by atoms with van der Waals surface area (Å²) in [7, 11) is 11.6. The van der Waals surface area contributed by atoms with E-state index in [4.69, 9.17) is 0 Å². The molecule has 3 aromatic rings. The summed E-state index contributed by atoms with van der Waals surface area (Å²) >= 11 is 14.6. The third-order valence-corrected chi connectivity index (χ3v) is 4.30. The number of methoxy groups -OCH3 is 3. The standard InChI is InChI=1S/C11H10O2.2C7H8.C5H8O2.C4H6O2.CH3Br.3HPS/c1-9-3-5-10(6-4-9)7-8-11(12)13-2;2*1-7-5-3-2-4-6-7;1-3-4-5(6)7-2;1-3-4(5)6-2;4*1-2/h3-6H,1-2H3;2*2-6H,1H3;3-4H,1-2H3;3H,1H2,2H3;1H3;3*1H/b;;;4-3+;;;;;. The highest BCUT2D eigenvalue weighted by atomic mass is 79.9. The Morgan fingerprint density at radius 1 is 0.646 bits per heavy atom. The molecule has 6 nitrogen and oxygen atoms in total. The van der Waals surface area contributed by atoms with Gasteiger partial charge in [0.15, 0.2) is 0 Å². The van der Waals surface area contributed by atoms with Crippen LogP contribution in [0.2, 0.25) is 0 Å². The fourth-order valence-electron chi connectivity index (χ4n) is 2.17. The SMILES string of the molecule is C/C=C/C(=O)OC.C=CC(=O)OC.CBr.COC(=O)C#Cc1ccc(C)cc1.Cc1ccccc1.Cc1ccccc1.P=S.P=S.P=S. The Balaban J connectivity index is -0.000000112. The van der Waals surface area contributed by atoms with E-state index in [0.717, 1.165) is 11.6 Å². The Bertz CT molecular complexity index is 1230. The number of halogens is 1. The molecule has 0 fully saturated rings. The highest BCUT2D eigenvalue weighted by Crippen LogP contribution is 2.00. The summed E-state index contributed by atoms with van der Waals surface area (Å²) in [5, 5.41) is 0. The Morgan fingerprint density at radius 2 is 1.00 bits per heavy atom. The van der Waals surface area contributed by atoms with E-state index in [-0.39, 0.29) is 5.97 Å². The monoisotopic (exact) mass is 830 g/mol. The molecule has 48 heavy (non-hydrogen) atoms. The van der Waals surface area contributed by atoms with Gasteiger partial charge in [0.05, 0.1) is 21.3 Å². The smallest absolute Gasteiger partial charge is 0.384 e. The van der Waals surface area contributed by atoms with Crippen LogP contribution in [-0.2, 0) is 64.0 Å². The second-order valence-electron chi connectivity index (χ2n) is 7.67. The van der Waals surface area contributed by atoms with Crippen LogP contribution in [0.4, 0.5) is 0 Å². The molecule has 0 atom stereocenters. The molecule has 13 heteroatoms. The lowest BCUT2D eigenvalue weighted by molar-refractivity contribution is -0.135. The lowest BCUT2D eigenvalue weighted by Gasteiger charge is -1.91. The Kier molecular flexibility index (Phi) is 61.0. The van der Waals surface area contributed by atoms with Crippen LogP contribution in [0.1, 0.15) is 29.2 Å². The van der Waals surface area contributed by atoms with Crippen LogP contribution in [0.25, 0.3) is 0 Å². The van der Waals surface area contributed by atoms with Gasteiger partial charge in [-0.15, -0.1) is 0 Å². The summed E-state index contributed by atoms with van der Waals surface area (Å²) in [4.78, 5) is 30.6. The number of carbonyl (C=O) groups excluding carboxylic acids is 3. The van der Waals surface area contributed by atoms with E-state index in [1.807, 2.05) is 73.4 Å². The van der Waals surface area contributed by atoms with Crippen LogP contribution in [0.15, 0.2) is 110 Å². The minimum Gasteiger partial charge on any atom is -0.466 e. The van der Waals surface area contributed by atoms with Crippen LogP contribution in [0, 0.1) is 32.6 Å². The molecule has 0 aromatic heterocycles. The van der Waals surface area contributed by atoms with Crippen molar-refractivity contribution in [3.63, 3.8) is 0 Å². The lowest BCUT2D eigenvalue weighted by Crippen LogP contribution is -1.94. The van der Waals surface area contributed by atoms with Gasteiger partial charge < -0.3 is 14.2 Å². The van der Waals surface area contributed by atoms with Crippen LogP contribution < -0.4 is 0 Å². The van der Waals surface area contributed by atoms with Gasteiger partial charge >= 0.3 is 17.9 Å². The average Bonchev–Trinajstić information content (AvgIpc) is 3.16. The zero-order valence-electron chi connectivity index (χ0n) is 28.6. The minimum absolute atomic E-state index is 0.303. The summed E-state index contributed by atoms with van der Waals surface area (Å²) in [6.07, 6.45) is 4.10. The predicted molar refractivity (Wildman–Crippen MR) is 223 cm³/mol. The predicted octanol–water partition coefficient (Wildman–Crippen LogP) is 9.37. The summed E-state index contributed by atoms with van der Waals surface area (Å²) in [5.41, 5.74) is 4.63. The maximum absolute atomic E-state index is 10.7. The quantitative estimate of drug-likeness (QED) is 0.0627. The molecular weight excluding hydrogens is 785 g/mol. The molecule has 0 heterocycles.